The van der Waals surface area contributed by atoms with E-state index in [0.717, 1.165) is 6.07 Å². The fraction of sp³-hybridized carbons (Fsp3) is 0.500. The quantitative estimate of drug-likeness (QED) is 0.482. The van der Waals surface area contributed by atoms with Crippen LogP contribution in [0.2, 0.25) is 0 Å². The van der Waals surface area contributed by atoms with Gasteiger partial charge in [-0.25, -0.2) is 4.39 Å². The third-order valence-corrected chi connectivity index (χ3v) is 2.26. The van der Waals surface area contributed by atoms with Crippen LogP contribution < -0.4 is 10.6 Å². The van der Waals surface area contributed by atoms with Crippen LogP contribution >= 0.6 is 0 Å². The number of nitro benzene ring substituents is 1. The van der Waals surface area contributed by atoms with E-state index < -0.39 is 10.7 Å². The third-order valence-electron chi connectivity index (χ3n) is 2.26. The maximum atomic E-state index is 13.5. The van der Waals surface area contributed by atoms with Gasteiger partial charge >= 0.3 is 0 Å². The van der Waals surface area contributed by atoms with E-state index in [1.807, 2.05) is 20.8 Å². The van der Waals surface area contributed by atoms with Gasteiger partial charge < -0.3 is 10.6 Å². The van der Waals surface area contributed by atoms with Crippen LogP contribution in [0.4, 0.5) is 15.8 Å². The van der Waals surface area contributed by atoms with Crippen molar-refractivity contribution in [2.45, 2.75) is 26.3 Å². The highest BCUT2D eigenvalue weighted by Gasteiger charge is 2.11. The molecule has 0 aliphatic carbocycles. The summed E-state index contributed by atoms with van der Waals surface area (Å²) < 4.78 is 13.5. The summed E-state index contributed by atoms with van der Waals surface area (Å²) in [7, 11) is 0. The molecular weight excluding hydrogens is 237 g/mol. The highest BCUT2D eigenvalue weighted by molar-refractivity contribution is 5.50. The molecule has 6 heteroatoms. The molecule has 0 heterocycles. The number of hydrogen-bond donors (Lipinski definition) is 2. The lowest BCUT2D eigenvalue weighted by Gasteiger charge is -2.20. The van der Waals surface area contributed by atoms with Gasteiger partial charge in [-0.1, -0.05) is 0 Å². The zero-order valence-corrected chi connectivity index (χ0v) is 10.8. The monoisotopic (exact) mass is 255 g/mol. The molecule has 18 heavy (non-hydrogen) atoms. The van der Waals surface area contributed by atoms with Gasteiger partial charge in [-0.2, -0.15) is 0 Å². The van der Waals surface area contributed by atoms with Crippen molar-refractivity contribution in [1.29, 1.82) is 0 Å². The van der Waals surface area contributed by atoms with E-state index >= 15 is 0 Å². The van der Waals surface area contributed by atoms with Gasteiger partial charge in [0.15, 0.2) is 5.82 Å². The molecular formula is C12H18FN3O2. The normalized spacial score (nSPS) is 11.3. The largest absolute Gasteiger partial charge is 0.381 e. The molecule has 0 aliphatic rings. The standard InChI is InChI=1S/C12H18FN3O2/c1-12(2,3)15-7-6-14-11-5-4-9(16(17)18)8-10(11)13/h4-5,8,14-15H,6-7H2,1-3H3. The van der Waals surface area contributed by atoms with Crippen molar-refractivity contribution in [3.63, 3.8) is 0 Å². The maximum Gasteiger partial charge on any atom is 0.272 e. The average Bonchev–Trinajstić information content (AvgIpc) is 2.24. The second-order valence-corrected chi connectivity index (χ2v) is 5.02. The molecule has 1 rings (SSSR count). The van der Waals surface area contributed by atoms with Crippen molar-refractivity contribution in [2.75, 3.05) is 18.4 Å². The lowest BCUT2D eigenvalue weighted by molar-refractivity contribution is -0.385. The summed E-state index contributed by atoms with van der Waals surface area (Å²) >= 11 is 0. The van der Waals surface area contributed by atoms with Gasteiger partial charge in [0.05, 0.1) is 16.7 Å². The van der Waals surface area contributed by atoms with E-state index in [0.29, 0.717) is 13.1 Å². The van der Waals surface area contributed by atoms with Gasteiger partial charge in [0, 0.05) is 24.7 Å². The highest BCUT2D eigenvalue weighted by atomic mass is 19.1. The van der Waals surface area contributed by atoms with Crippen LogP contribution in [0.3, 0.4) is 0 Å². The number of hydrogen-bond acceptors (Lipinski definition) is 4. The first-order chi connectivity index (χ1) is 8.29. The molecule has 2 N–H and O–H groups in total. The Kier molecular flexibility index (Phi) is 4.61. The average molecular weight is 255 g/mol. The minimum atomic E-state index is -0.617. The molecule has 0 atom stereocenters. The van der Waals surface area contributed by atoms with E-state index in [1.165, 1.54) is 12.1 Å². The van der Waals surface area contributed by atoms with Crippen LogP contribution in [0.25, 0.3) is 0 Å². The molecule has 0 unspecified atom stereocenters. The van der Waals surface area contributed by atoms with E-state index in [2.05, 4.69) is 10.6 Å². The second-order valence-electron chi connectivity index (χ2n) is 5.02. The summed E-state index contributed by atoms with van der Waals surface area (Å²) in [6.45, 7) is 7.35. The van der Waals surface area contributed by atoms with E-state index in [1.54, 1.807) is 0 Å². The second kappa shape index (κ2) is 5.77. The third kappa shape index (κ3) is 4.67. The molecule has 0 saturated carbocycles. The number of halogens is 1. The van der Waals surface area contributed by atoms with Gasteiger partial charge in [0.1, 0.15) is 0 Å². The van der Waals surface area contributed by atoms with Gasteiger partial charge in [0.25, 0.3) is 5.69 Å². The Bertz CT molecular complexity index is 430. The summed E-state index contributed by atoms with van der Waals surface area (Å²) in [6.07, 6.45) is 0. The van der Waals surface area contributed by atoms with Crippen LogP contribution in [0.1, 0.15) is 20.8 Å². The summed E-state index contributed by atoms with van der Waals surface area (Å²) in [5, 5.41) is 16.6. The topological polar surface area (TPSA) is 67.2 Å². The molecule has 1 aromatic carbocycles. The molecule has 0 radical (unpaired) electrons. The van der Waals surface area contributed by atoms with Crippen LogP contribution in [-0.2, 0) is 0 Å². The smallest absolute Gasteiger partial charge is 0.272 e. The van der Waals surface area contributed by atoms with Crippen LogP contribution in [-0.4, -0.2) is 23.6 Å². The van der Waals surface area contributed by atoms with Crippen LogP contribution in [0, 0.1) is 15.9 Å². The number of non-ortho nitro benzene ring substituents is 1. The highest BCUT2D eigenvalue weighted by Crippen LogP contribution is 2.20. The van der Waals surface area contributed by atoms with Crippen molar-refractivity contribution in [3.05, 3.63) is 34.1 Å². The van der Waals surface area contributed by atoms with Gasteiger partial charge in [-0.3, -0.25) is 10.1 Å². The Morgan fingerprint density at radius 2 is 2.00 bits per heavy atom. The zero-order valence-electron chi connectivity index (χ0n) is 10.8. The molecule has 0 saturated heterocycles. The Labute approximate surface area is 106 Å². The van der Waals surface area contributed by atoms with Crippen molar-refractivity contribution >= 4 is 11.4 Å². The summed E-state index contributed by atoms with van der Waals surface area (Å²) in [5.41, 5.74) is 0.0394. The molecule has 0 aliphatic heterocycles. The van der Waals surface area contributed by atoms with E-state index in [-0.39, 0.29) is 16.9 Å². The minimum absolute atomic E-state index is 0.00962. The number of nitrogens with one attached hydrogen (secondary N) is 2. The van der Waals surface area contributed by atoms with Crippen molar-refractivity contribution in [1.82, 2.24) is 5.32 Å². The van der Waals surface area contributed by atoms with Crippen LogP contribution in [0.5, 0.6) is 0 Å². The first-order valence-electron chi connectivity index (χ1n) is 5.72. The van der Waals surface area contributed by atoms with Crippen molar-refractivity contribution < 1.29 is 9.31 Å². The number of nitrogens with zero attached hydrogens (tertiary/aromatic N) is 1. The number of nitro groups is 1. The summed E-state index contributed by atoms with van der Waals surface area (Å²) in [6, 6.07) is 3.58. The molecule has 0 aromatic heterocycles. The maximum absolute atomic E-state index is 13.5. The Morgan fingerprint density at radius 3 is 2.50 bits per heavy atom. The molecule has 0 fully saturated rings. The number of rotatable bonds is 5. The Hall–Kier alpha value is -1.69. The fourth-order valence-corrected chi connectivity index (χ4v) is 1.40. The molecule has 1 aromatic rings. The van der Waals surface area contributed by atoms with E-state index in [9.17, 15) is 14.5 Å². The molecule has 5 nitrogen and oxygen atoms in total. The van der Waals surface area contributed by atoms with Gasteiger partial charge in [0.2, 0.25) is 0 Å². The number of anilines is 1. The zero-order chi connectivity index (χ0) is 13.8. The van der Waals surface area contributed by atoms with Gasteiger partial charge in [-0.05, 0) is 26.8 Å². The first-order valence-corrected chi connectivity index (χ1v) is 5.72. The van der Waals surface area contributed by atoms with Crippen LogP contribution in [0.15, 0.2) is 18.2 Å². The Balaban J connectivity index is 2.51. The SMILES string of the molecule is CC(C)(C)NCCNc1ccc([N+](=O)[O-])cc1F. The fourth-order valence-electron chi connectivity index (χ4n) is 1.40. The minimum Gasteiger partial charge on any atom is -0.381 e. The molecule has 0 amide bonds. The predicted molar refractivity (Wildman–Crippen MR) is 69.3 cm³/mol. The number of benzene rings is 1. The molecule has 100 valence electrons. The van der Waals surface area contributed by atoms with Crippen molar-refractivity contribution in [2.24, 2.45) is 0 Å². The van der Waals surface area contributed by atoms with E-state index in [4.69, 9.17) is 0 Å². The predicted octanol–water partition coefficient (Wildman–Crippen LogP) is 2.53. The molecule has 0 bridgehead atoms. The molecule has 0 spiro atoms. The summed E-state index contributed by atoms with van der Waals surface area (Å²) in [4.78, 5) is 9.83. The lowest BCUT2D eigenvalue weighted by atomic mass is 10.1. The Morgan fingerprint density at radius 1 is 1.33 bits per heavy atom. The lowest BCUT2D eigenvalue weighted by Crippen LogP contribution is -2.38. The summed E-state index contributed by atoms with van der Waals surface area (Å²) in [5.74, 6) is -0.611. The van der Waals surface area contributed by atoms with Crippen molar-refractivity contribution in [3.8, 4) is 0 Å². The van der Waals surface area contributed by atoms with Gasteiger partial charge in [-0.15, -0.1) is 0 Å². The first kappa shape index (κ1) is 14.4.